The van der Waals surface area contributed by atoms with Gasteiger partial charge in [0.05, 0.1) is 28.7 Å². The molecule has 0 saturated carbocycles. The number of benzene rings is 1. The average molecular weight is 508 g/mol. The average Bonchev–Trinajstić information content (AvgIpc) is 3.13. The van der Waals surface area contributed by atoms with E-state index in [-0.39, 0.29) is 17.2 Å². The topological polar surface area (TPSA) is 120 Å². The highest BCUT2D eigenvalue weighted by Crippen LogP contribution is 2.21. The van der Waals surface area contributed by atoms with E-state index in [1.165, 1.54) is 12.4 Å². The molecule has 3 aromatic rings. The highest BCUT2D eigenvalue weighted by atomic mass is 35.5. The van der Waals surface area contributed by atoms with Crippen LogP contribution in [0.25, 0.3) is 0 Å². The van der Waals surface area contributed by atoms with Gasteiger partial charge in [0, 0.05) is 39.3 Å². The molecule has 1 aromatic carbocycles. The third-order valence-corrected chi connectivity index (χ3v) is 6.00. The predicted molar refractivity (Wildman–Crippen MR) is 137 cm³/mol. The fourth-order valence-corrected chi connectivity index (χ4v) is 3.95. The summed E-state index contributed by atoms with van der Waals surface area (Å²) in [6.45, 7) is 6.13. The summed E-state index contributed by atoms with van der Waals surface area (Å²) in [6, 6.07) is 8.35. The van der Waals surface area contributed by atoms with Gasteiger partial charge in [-0.2, -0.15) is 0 Å². The zero-order chi connectivity index (χ0) is 25.7. The maximum absolute atomic E-state index is 12.9. The molecule has 0 bridgehead atoms. The molecule has 3 amide bonds. The number of hydrogen-bond donors (Lipinski definition) is 2. The lowest BCUT2D eigenvalue weighted by Gasteiger charge is -2.22. The molecular weight excluding hydrogens is 482 g/mol. The summed E-state index contributed by atoms with van der Waals surface area (Å²) in [5.74, 6) is 0.122. The minimum Gasteiger partial charge on any atom is -0.354 e. The lowest BCUT2D eigenvalue weighted by Crippen LogP contribution is -2.34. The summed E-state index contributed by atoms with van der Waals surface area (Å²) in [6.07, 6.45) is 5.22. The van der Waals surface area contributed by atoms with E-state index in [4.69, 9.17) is 11.6 Å². The van der Waals surface area contributed by atoms with Crippen molar-refractivity contribution in [2.24, 2.45) is 0 Å². The van der Waals surface area contributed by atoms with Crippen LogP contribution in [0, 0.1) is 6.92 Å². The first-order valence-corrected chi connectivity index (χ1v) is 11.9. The number of pyridine rings is 1. The number of hydrogen-bond acceptors (Lipinski definition) is 7. The first kappa shape index (κ1) is 25.1. The number of carbonyl (C=O) groups is 3. The molecule has 1 saturated heterocycles. The van der Waals surface area contributed by atoms with Gasteiger partial charge in [-0.25, -0.2) is 15.0 Å². The lowest BCUT2D eigenvalue weighted by atomic mass is 10.1. The van der Waals surface area contributed by atoms with E-state index in [1.54, 1.807) is 43.5 Å². The summed E-state index contributed by atoms with van der Waals surface area (Å²) in [7, 11) is 0. The van der Waals surface area contributed by atoms with Crippen molar-refractivity contribution in [3.05, 3.63) is 70.8 Å². The Bertz CT molecular complexity index is 1270. The van der Waals surface area contributed by atoms with Crippen molar-refractivity contribution in [3.8, 4) is 0 Å². The molecule has 10 nitrogen and oxygen atoms in total. The van der Waals surface area contributed by atoms with Crippen molar-refractivity contribution in [1.82, 2.24) is 19.9 Å². The molecule has 2 N–H and O–H groups in total. The van der Waals surface area contributed by atoms with Crippen molar-refractivity contribution in [2.75, 3.05) is 41.7 Å². The van der Waals surface area contributed by atoms with Crippen LogP contribution in [0.3, 0.4) is 0 Å². The normalized spacial score (nSPS) is 13.6. The second-order valence-electron chi connectivity index (χ2n) is 8.43. The molecule has 2 aromatic heterocycles. The number of carbonyl (C=O) groups excluding carboxylic acids is 3. The Morgan fingerprint density at radius 3 is 2.42 bits per heavy atom. The van der Waals surface area contributed by atoms with Crippen LogP contribution in [0.1, 0.15) is 39.8 Å². The monoisotopic (exact) mass is 507 g/mol. The number of rotatable bonds is 5. The minimum atomic E-state index is -0.491. The molecule has 1 fully saturated rings. The van der Waals surface area contributed by atoms with E-state index in [9.17, 15) is 14.4 Å². The van der Waals surface area contributed by atoms with Gasteiger partial charge in [-0.05, 0) is 37.6 Å². The standard InChI is InChI=1S/C25H26ClN7O3/c1-16-4-6-20(19(12-16)24(35)31-22-7-5-18(26)13-28-22)30-25(36)21-14-29-23(15-27-21)33-9-3-8-32(10-11-33)17(2)34/h4-7,12-15H,3,8-11H2,1-2H3,(H,30,36)(H,28,31,35). The van der Waals surface area contributed by atoms with Crippen molar-refractivity contribution < 1.29 is 14.4 Å². The molecule has 186 valence electrons. The summed E-state index contributed by atoms with van der Waals surface area (Å²) in [5.41, 5.74) is 1.58. The maximum atomic E-state index is 12.9. The minimum absolute atomic E-state index is 0.0588. The number of nitrogens with one attached hydrogen (secondary N) is 2. The Kier molecular flexibility index (Phi) is 7.74. The van der Waals surface area contributed by atoms with Crippen molar-refractivity contribution >= 4 is 46.6 Å². The van der Waals surface area contributed by atoms with Crippen LogP contribution in [-0.2, 0) is 4.79 Å². The van der Waals surface area contributed by atoms with Gasteiger partial charge >= 0.3 is 0 Å². The molecule has 0 atom stereocenters. The zero-order valence-electron chi connectivity index (χ0n) is 20.0. The van der Waals surface area contributed by atoms with E-state index < -0.39 is 11.8 Å². The molecule has 36 heavy (non-hydrogen) atoms. The SMILES string of the molecule is CC(=O)N1CCCN(c2cnc(C(=O)Nc3ccc(C)cc3C(=O)Nc3ccc(Cl)cn3)cn2)CC1. The number of amides is 3. The number of nitrogens with zero attached hydrogens (tertiary/aromatic N) is 5. The molecule has 3 heterocycles. The van der Waals surface area contributed by atoms with Crippen LogP contribution in [-0.4, -0.2) is 63.8 Å². The van der Waals surface area contributed by atoms with Gasteiger partial charge in [-0.1, -0.05) is 23.2 Å². The Morgan fingerprint density at radius 2 is 1.72 bits per heavy atom. The van der Waals surface area contributed by atoms with Gasteiger partial charge in [0.25, 0.3) is 11.8 Å². The molecule has 1 aliphatic heterocycles. The summed E-state index contributed by atoms with van der Waals surface area (Å²) in [5, 5.41) is 5.92. The van der Waals surface area contributed by atoms with Gasteiger partial charge in [0.15, 0.2) is 0 Å². The quantitative estimate of drug-likeness (QED) is 0.543. The van der Waals surface area contributed by atoms with Crippen molar-refractivity contribution in [2.45, 2.75) is 20.3 Å². The molecule has 11 heteroatoms. The fraction of sp³-hybridized carbons (Fsp3) is 0.280. The van der Waals surface area contributed by atoms with Crippen LogP contribution in [0.2, 0.25) is 5.02 Å². The largest absolute Gasteiger partial charge is 0.354 e. The van der Waals surface area contributed by atoms with Crippen LogP contribution >= 0.6 is 11.6 Å². The lowest BCUT2D eigenvalue weighted by molar-refractivity contribution is -0.128. The van der Waals surface area contributed by atoms with E-state index >= 15 is 0 Å². The number of aryl methyl sites for hydroxylation is 1. The highest BCUT2D eigenvalue weighted by molar-refractivity contribution is 6.30. The second-order valence-corrected chi connectivity index (χ2v) is 8.86. The van der Waals surface area contributed by atoms with Crippen LogP contribution in [0.4, 0.5) is 17.3 Å². The van der Waals surface area contributed by atoms with E-state index in [0.717, 1.165) is 18.5 Å². The predicted octanol–water partition coefficient (Wildman–Crippen LogP) is 3.40. The highest BCUT2D eigenvalue weighted by Gasteiger charge is 2.20. The Hall–Kier alpha value is -4.05. The fourth-order valence-electron chi connectivity index (χ4n) is 3.84. The van der Waals surface area contributed by atoms with Crippen LogP contribution in [0.5, 0.6) is 0 Å². The third kappa shape index (κ3) is 6.14. The van der Waals surface area contributed by atoms with E-state index in [0.29, 0.717) is 42.0 Å². The molecular formula is C25H26ClN7O3. The number of halogens is 1. The van der Waals surface area contributed by atoms with Crippen LogP contribution < -0.4 is 15.5 Å². The molecule has 4 rings (SSSR count). The Balaban J connectivity index is 1.45. The van der Waals surface area contributed by atoms with E-state index in [1.807, 2.05) is 16.7 Å². The second kappa shape index (κ2) is 11.1. The van der Waals surface area contributed by atoms with Gasteiger partial charge in [-0.3, -0.25) is 14.4 Å². The van der Waals surface area contributed by atoms with Crippen LogP contribution in [0.15, 0.2) is 48.9 Å². The van der Waals surface area contributed by atoms with Crippen molar-refractivity contribution in [3.63, 3.8) is 0 Å². The van der Waals surface area contributed by atoms with Gasteiger partial charge < -0.3 is 20.4 Å². The molecule has 0 spiro atoms. The van der Waals surface area contributed by atoms with Gasteiger partial charge in [0.1, 0.15) is 17.3 Å². The Morgan fingerprint density at radius 1 is 0.889 bits per heavy atom. The summed E-state index contributed by atoms with van der Waals surface area (Å²) >= 11 is 5.85. The van der Waals surface area contributed by atoms with E-state index in [2.05, 4.69) is 25.6 Å². The summed E-state index contributed by atoms with van der Waals surface area (Å²) < 4.78 is 0. The van der Waals surface area contributed by atoms with Crippen molar-refractivity contribution in [1.29, 1.82) is 0 Å². The Labute approximate surface area is 213 Å². The third-order valence-electron chi connectivity index (χ3n) is 5.77. The first-order chi connectivity index (χ1) is 17.3. The number of aromatic nitrogens is 3. The zero-order valence-corrected chi connectivity index (χ0v) is 20.7. The summed E-state index contributed by atoms with van der Waals surface area (Å²) in [4.78, 5) is 54.1. The maximum Gasteiger partial charge on any atom is 0.275 e. The number of anilines is 3. The first-order valence-electron chi connectivity index (χ1n) is 11.5. The molecule has 1 aliphatic rings. The van der Waals surface area contributed by atoms with Gasteiger partial charge in [-0.15, -0.1) is 0 Å². The smallest absolute Gasteiger partial charge is 0.275 e. The molecule has 0 unspecified atom stereocenters. The van der Waals surface area contributed by atoms with Gasteiger partial charge in [0.2, 0.25) is 5.91 Å². The molecule has 0 aliphatic carbocycles. The molecule has 0 radical (unpaired) electrons.